The van der Waals surface area contributed by atoms with Crippen LogP contribution in [0, 0.1) is 0 Å². The number of nitrogens with one attached hydrogen (secondary N) is 1. The Kier molecular flexibility index (Phi) is 8.56. The zero-order chi connectivity index (χ0) is 21.9. The van der Waals surface area contributed by atoms with Crippen LogP contribution in [0.4, 0.5) is 5.69 Å². The largest absolute Gasteiger partial charge is 0.508 e. The Bertz CT molecular complexity index is 952. The van der Waals surface area contributed by atoms with Crippen LogP contribution in [0.25, 0.3) is 0 Å². The predicted molar refractivity (Wildman–Crippen MR) is 120 cm³/mol. The highest BCUT2D eigenvalue weighted by atomic mass is 16.5. The minimum Gasteiger partial charge on any atom is -0.508 e. The summed E-state index contributed by atoms with van der Waals surface area (Å²) >= 11 is 0. The molecule has 2 rings (SSSR count). The van der Waals surface area contributed by atoms with Gasteiger partial charge in [-0.15, -0.1) is 0 Å². The molecule has 6 heteroatoms. The molecule has 1 aromatic rings. The predicted octanol–water partition coefficient (Wildman–Crippen LogP) is 4.70. The van der Waals surface area contributed by atoms with Gasteiger partial charge in [0, 0.05) is 29.2 Å². The summed E-state index contributed by atoms with van der Waals surface area (Å²) < 4.78 is 4.93. The summed E-state index contributed by atoms with van der Waals surface area (Å²) in [7, 11) is 1.32. The Hall–Kier alpha value is -3.67. The normalized spacial score (nSPS) is 15.1. The molecule has 0 saturated heterocycles. The number of ether oxygens (including phenoxy) is 1. The number of aliphatic hydroxyl groups is 1. The van der Waals surface area contributed by atoms with Crippen molar-refractivity contribution >= 4 is 23.7 Å². The third-order valence-corrected chi connectivity index (χ3v) is 4.40. The lowest BCUT2D eigenvalue weighted by molar-refractivity contribution is -0.141. The van der Waals surface area contributed by atoms with Crippen molar-refractivity contribution in [3.8, 4) is 0 Å². The fourth-order valence-electron chi connectivity index (χ4n) is 2.82. The molecule has 0 amide bonds. The Morgan fingerprint density at radius 2 is 2.10 bits per heavy atom. The first kappa shape index (κ1) is 22.6. The SMILES string of the molecule is C=C/C(O)=C\C=C(/C)CC(Nc1ccccc1C(=O)C1=CCC=CN=C1)C(=O)OC. The summed E-state index contributed by atoms with van der Waals surface area (Å²) in [5, 5.41) is 12.6. The first-order valence-electron chi connectivity index (χ1n) is 9.51. The fourth-order valence-corrected chi connectivity index (χ4v) is 2.82. The average Bonchev–Trinajstić information content (AvgIpc) is 3.06. The highest BCUT2D eigenvalue weighted by molar-refractivity contribution is 6.23. The van der Waals surface area contributed by atoms with Crippen LogP contribution in [0.2, 0.25) is 0 Å². The van der Waals surface area contributed by atoms with Gasteiger partial charge in [0.2, 0.25) is 0 Å². The van der Waals surface area contributed by atoms with Crippen LogP contribution in [-0.2, 0) is 9.53 Å². The standard InChI is InChI=1S/C24H26N2O4/c1-4-19(27)13-12-17(2)15-22(24(29)30-3)26-21-11-6-5-10-20(21)23(28)18-9-7-8-14-25-16-18/h4-6,8-14,16,22,26-27H,1,7,15H2,2-3H3/b17-12+,19-13+. The van der Waals surface area contributed by atoms with Gasteiger partial charge in [0.05, 0.1) is 7.11 Å². The van der Waals surface area contributed by atoms with Crippen molar-refractivity contribution in [2.45, 2.75) is 25.8 Å². The van der Waals surface area contributed by atoms with E-state index in [4.69, 9.17) is 4.74 Å². The molecule has 156 valence electrons. The molecule has 6 nitrogen and oxygen atoms in total. The number of allylic oxidation sites excluding steroid dienone is 6. The van der Waals surface area contributed by atoms with Crippen LogP contribution in [0.5, 0.6) is 0 Å². The highest BCUT2D eigenvalue weighted by Gasteiger charge is 2.22. The molecule has 0 bridgehead atoms. The number of Topliss-reactive ketones (excluding diaryl/α,β-unsaturated/α-hetero) is 1. The monoisotopic (exact) mass is 406 g/mol. The van der Waals surface area contributed by atoms with Gasteiger partial charge < -0.3 is 15.2 Å². The molecule has 0 spiro atoms. The number of aliphatic hydroxyl groups excluding tert-OH is 1. The Morgan fingerprint density at radius 1 is 1.33 bits per heavy atom. The number of para-hydroxylation sites is 1. The number of methoxy groups -OCH3 is 1. The highest BCUT2D eigenvalue weighted by Crippen LogP contribution is 2.22. The van der Waals surface area contributed by atoms with E-state index in [9.17, 15) is 14.7 Å². The summed E-state index contributed by atoms with van der Waals surface area (Å²) in [5.74, 6) is -0.609. The third kappa shape index (κ3) is 6.44. The second-order valence-corrected chi connectivity index (χ2v) is 6.67. The van der Waals surface area contributed by atoms with Crippen LogP contribution in [0.3, 0.4) is 0 Å². The molecule has 0 aliphatic carbocycles. The number of anilines is 1. The maximum Gasteiger partial charge on any atom is 0.328 e. The van der Waals surface area contributed by atoms with Crippen LogP contribution >= 0.6 is 0 Å². The van der Waals surface area contributed by atoms with E-state index in [1.807, 2.05) is 19.1 Å². The van der Waals surface area contributed by atoms with Crippen molar-refractivity contribution in [3.05, 3.63) is 89.9 Å². The lowest BCUT2D eigenvalue weighted by Gasteiger charge is -2.20. The number of hydrogen-bond acceptors (Lipinski definition) is 6. The van der Waals surface area contributed by atoms with E-state index in [1.54, 1.807) is 36.5 Å². The minimum atomic E-state index is -0.710. The Labute approximate surface area is 176 Å². The molecule has 2 N–H and O–H groups in total. The number of carbonyl (C=O) groups excluding carboxylic acids is 2. The topological polar surface area (TPSA) is 88.0 Å². The summed E-state index contributed by atoms with van der Waals surface area (Å²) in [5.41, 5.74) is 2.29. The zero-order valence-corrected chi connectivity index (χ0v) is 17.2. The maximum atomic E-state index is 13.0. The minimum absolute atomic E-state index is 0.0284. The number of esters is 1. The third-order valence-electron chi connectivity index (χ3n) is 4.40. The molecular weight excluding hydrogens is 380 g/mol. The summed E-state index contributed by atoms with van der Waals surface area (Å²) in [6, 6.07) is 6.31. The molecule has 1 unspecified atom stereocenters. The number of aliphatic imine (C=N–C) groups is 1. The molecule has 0 saturated carbocycles. The van der Waals surface area contributed by atoms with Gasteiger partial charge in [-0.3, -0.25) is 9.79 Å². The van der Waals surface area contributed by atoms with Gasteiger partial charge >= 0.3 is 5.97 Å². The first-order valence-corrected chi connectivity index (χ1v) is 9.51. The number of hydrogen-bond donors (Lipinski definition) is 2. The molecule has 1 aliphatic heterocycles. The molecular formula is C24H26N2O4. The van der Waals surface area contributed by atoms with Gasteiger partial charge in [-0.1, -0.05) is 42.5 Å². The van der Waals surface area contributed by atoms with E-state index in [0.29, 0.717) is 29.7 Å². The van der Waals surface area contributed by atoms with Crippen LogP contribution in [0.15, 0.2) is 89.3 Å². The smallest absolute Gasteiger partial charge is 0.328 e. The molecule has 1 atom stereocenters. The van der Waals surface area contributed by atoms with E-state index in [2.05, 4.69) is 16.9 Å². The second-order valence-electron chi connectivity index (χ2n) is 6.67. The molecule has 1 aromatic carbocycles. The van der Waals surface area contributed by atoms with Crippen molar-refractivity contribution in [1.29, 1.82) is 0 Å². The van der Waals surface area contributed by atoms with E-state index in [-0.39, 0.29) is 11.5 Å². The molecule has 1 aliphatic rings. The lowest BCUT2D eigenvalue weighted by atomic mass is 10.00. The maximum absolute atomic E-state index is 13.0. The molecule has 0 radical (unpaired) electrons. The number of nitrogens with zero attached hydrogens (tertiary/aromatic N) is 1. The molecule has 30 heavy (non-hydrogen) atoms. The van der Waals surface area contributed by atoms with Gasteiger partial charge in [-0.25, -0.2) is 4.79 Å². The molecule has 1 heterocycles. The van der Waals surface area contributed by atoms with Crippen molar-refractivity contribution < 1.29 is 19.4 Å². The van der Waals surface area contributed by atoms with E-state index >= 15 is 0 Å². The number of benzene rings is 1. The van der Waals surface area contributed by atoms with Gasteiger partial charge in [0.25, 0.3) is 0 Å². The Morgan fingerprint density at radius 3 is 2.83 bits per heavy atom. The molecule has 0 aromatic heterocycles. The second kappa shape index (κ2) is 11.4. The van der Waals surface area contributed by atoms with Crippen molar-refractivity contribution in [2.75, 3.05) is 12.4 Å². The summed E-state index contributed by atoms with van der Waals surface area (Å²) in [6.07, 6.45) is 12.3. The van der Waals surface area contributed by atoms with Crippen molar-refractivity contribution in [3.63, 3.8) is 0 Å². The van der Waals surface area contributed by atoms with Gasteiger partial charge in [-0.2, -0.15) is 0 Å². The fraction of sp³-hybridized carbons (Fsp3) is 0.208. The summed E-state index contributed by atoms with van der Waals surface area (Å²) in [4.78, 5) is 29.5. The van der Waals surface area contributed by atoms with Crippen LogP contribution < -0.4 is 5.32 Å². The van der Waals surface area contributed by atoms with Crippen molar-refractivity contribution in [1.82, 2.24) is 0 Å². The van der Waals surface area contributed by atoms with Gasteiger partial charge in [0.15, 0.2) is 5.78 Å². The van der Waals surface area contributed by atoms with E-state index < -0.39 is 12.0 Å². The number of carbonyl (C=O) groups is 2. The van der Waals surface area contributed by atoms with Gasteiger partial charge in [-0.05, 0) is 44.1 Å². The number of ketones is 1. The van der Waals surface area contributed by atoms with Crippen molar-refractivity contribution in [2.24, 2.45) is 4.99 Å². The Balaban J connectivity index is 2.28. The first-order chi connectivity index (χ1) is 14.5. The molecule has 0 fully saturated rings. The zero-order valence-electron chi connectivity index (χ0n) is 17.2. The van der Waals surface area contributed by atoms with Gasteiger partial charge in [0.1, 0.15) is 11.8 Å². The summed E-state index contributed by atoms with van der Waals surface area (Å²) in [6.45, 7) is 5.32. The van der Waals surface area contributed by atoms with E-state index in [0.717, 1.165) is 5.57 Å². The average molecular weight is 406 g/mol. The lowest BCUT2D eigenvalue weighted by Crippen LogP contribution is -2.31. The number of rotatable bonds is 9. The quantitative estimate of drug-likeness (QED) is 0.269. The van der Waals surface area contributed by atoms with E-state index in [1.165, 1.54) is 25.5 Å². The van der Waals surface area contributed by atoms with Crippen LogP contribution in [0.1, 0.15) is 30.1 Å². The van der Waals surface area contributed by atoms with Crippen LogP contribution in [-0.4, -0.2) is 36.2 Å².